The fraction of sp³-hybridized carbons (Fsp3) is 0.500. The molecule has 7 heteroatoms. The van der Waals surface area contributed by atoms with Crippen LogP contribution in [0, 0.1) is 5.41 Å². The van der Waals surface area contributed by atoms with Gasteiger partial charge in [0.1, 0.15) is 5.69 Å². The summed E-state index contributed by atoms with van der Waals surface area (Å²) in [4.78, 5) is 32.6. The predicted molar refractivity (Wildman–Crippen MR) is 110 cm³/mol. The number of aromatic amines is 1. The quantitative estimate of drug-likeness (QED) is 0.820. The van der Waals surface area contributed by atoms with Gasteiger partial charge in [0.05, 0.1) is 5.41 Å². The van der Waals surface area contributed by atoms with Crippen LogP contribution < -0.4 is 5.73 Å². The molecule has 0 bridgehead atoms. The zero-order valence-electron chi connectivity index (χ0n) is 16.0. The Morgan fingerprint density at radius 2 is 1.67 bits per heavy atom. The third kappa shape index (κ3) is 3.96. The Morgan fingerprint density at radius 3 is 2.22 bits per heavy atom. The molecule has 6 nitrogen and oxygen atoms in total. The first-order valence-corrected chi connectivity index (χ1v) is 9.41. The van der Waals surface area contributed by atoms with Gasteiger partial charge < -0.3 is 20.5 Å². The molecule has 1 saturated heterocycles. The van der Waals surface area contributed by atoms with Crippen LogP contribution in [0.2, 0.25) is 0 Å². The molecule has 0 radical (unpaired) electrons. The number of H-pyrrole nitrogens is 1. The van der Waals surface area contributed by atoms with Crippen molar-refractivity contribution in [2.75, 3.05) is 32.7 Å². The average molecular weight is 393 g/mol. The van der Waals surface area contributed by atoms with Crippen molar-refractivity contribution in [3.05, 3.63) is 36.0 Å². The maximum Gasteiger partial charge on any atom is 0.270 e. The monoisotopic (exact) mass is 392 g/mol. The average Bonchev–Trinajstić information content (AvgIpc) is 3.13. The Balaban J connectivity index is 0.00000261. The van der Waals surface area contributed by atoms with E-state index < -0.39 is 5.41 Å². The summed E-state index contributed by atoms with van der Waals surface area (Å²) < 4.78 is 0. The van der Waals surface area contributed by atoms with Crippen LogP contribution in [-0.2, 0) is 4.79 Å². The molecule has 0 spiro atoms. The number of nitrogens with two attached hydrogens (primary N) is 1. The third-order valence-electron chi connectivity index (χ3n) is 5.81. The number of nitrogens with zero attached hydrogens (tertiary/aromatic N) is 2. The van der Waals surface area contributed by atoms with Gasteiger partial charge >= 0.3 is 0 Å². The van der Waals surface area contributed by atoms with E-state index >= 15 is 0 Å². The minimum atomic E-state index is -0.469. The van der Waals surface area contributed by atoms with Crippen molar-refractivity contribution in [2.24, 2.45) is 11.1 Å². The Morgan fingerprint density at radius 1 is 1.07 bits per heavy atom. The summed E-state index contributed by atoms with van der Waals surface area (Å²) in [6.45, 7) is 6.63. The molecular formula is C20H29ClN4O2. The molecule has 2 heterocycles. The molecule has 0 atom stereocenters. The van der Waals surface area contributed by atoms with Crippen LogP contribution in [0.5, 0.6) is 0 Å². The van der Waals surface area contributed by atoms with Crippen molar-refractivity contribution in [3.8, 4) is 0 Å². The standard InChI is InChI=1S/C20H28N4O2.ClH/c1-3-20(4-2,14-21)19(26)24-11-9-23(10-12-24)18(25)17-13-15-7-5-6-8-16(15)22-17;/h5-8,13,22H,3-4,9-12,14,21H2,1-2H3;1H. The number of para-hydroxylation sites is 1. The van der Waals surface area contributed by atoms with Gasteiger partial charge in [-0.3, -0.25) is 9.59 Å². The number of amides is 2. The number of hydrogen-bond donors (Lipinski definition) is 2. The number of piperazine rings is 1. The van der Waals surface area contributed by atoms with E-state index in [9.17, 15) is 9.59 Å². The van der Waals surface area contributed by atoms with E-state index in [1.165, 1.54) is 0 Å². The van der Waals surface area contributed by atoms with E-state index in [-0.39, 0.29) is 24.2 Å². The van der Waals surface area contributed by atoms with Crippen molar-refractivity contribution in [3.63, 3.8) is 0 Å². The zero-order valence-corrected chi connectivity index (χ0v) is 16.8. The number of halogens is 1. The number of hydrogen-bond acceptors (Lipinski definition) is 3. The first-order chi connectivity index (χ1) is 12.5. The SMILES string of the molecule is CCC(CC)(CN)C(=O)N1CCN(C(=O)c2cc3ccccc3[nH]2)CC1.Cl. The molecular weight excluding hydrogens is 364 g/mol. The molecule has 2 aromatic rings. The summed E-state index contributed by atoms with van der Waals surface area (Å²) in [6, 6.07) is 9.75. The van der Waals surface area contributed by atoms with E-state index in [1.54, 1.807) is 0 Å². The Kier molecular flexibility index (Phi) is 6.89. The number of rotatable bonds is 5. The van der Waals surface area contributed by atoms with Crippen LogP contribution in [0.4, 0.5) is 0 Å². The minimum Gasteiger partial charge on any atom is -0.351 e. The first-order valence-electron chi connectivity index (χ1n) is 9.41. The third-order valence-corrected chi connectivity index (χ3v) is 5.81. The molecule has 1 aliphatic rings. The molecule has 27 heavy (non-hydrogen) atoms. The van der Waals surface area contributed by atoms with Crippen molar-refractivity contribution >= 4 is 35.1 Å². The maximum atomic E-state index is 12.9. The first kappa shape index (κ1) is 21.3. The van der Waals surface area contributed by atoms with E-state index in [2.05, 4.69) is 4.98 Å². The summed E-state index contributed by atoms with van der Waals surface area (Å²) in [5.74, 6) is 0.118. The molecule has 3 N–H and O–H groups in total. The van der Waals surface area contributed by atoms with Crippen LogP contribution >= 0.6 is 12.4 Å². The Labute approximate surface area is 166 Å². The maximum absolute atomic E-state index is 12.9. The predicted octanol–water partition coefficient (Wildman–Crippen LogP) is 2.64. The van der Waals surface area contributed by atoms with Gasteiger partial charge in [0, 0.05) is 43.6 Å². The number of benzene rings is 1. The van der Waals surface area contributed by atoms with E-state index in [4.69, 9.17) is 5.73 Å². The molecule has 1 fully saturated rings. The summed E-state index contributed by atoms with van der Waals surface area (Å²) in [5, 5.41) is 1.03. The highest BCUT2D eigenvalue weighted by atomic mass is 35.5. The zero-order chi connectivity index (χ0) is 18.7. The summed E-state index contributed by atoms with van der Waals surface area (Å²) >= 11 is 0. The van der Waals surface area contributed by atoms with Crippen LogP contribution in [-0.4, -0.2) is 59.3 Å². The second-order valence-electron chi connectivity index (χ2n) is 7.05. The Hall–Kier alpha value is -2.05. The fourth-order valence-corrected chi connectivity index (χ4v) is 3.74. The van der Waals surface area contributed by atoms with E-state index in [0.717, 1.165) is 23.7 Å². The van der Waals surface area contributed by atoms with Crippen molar-refractivity contribution in [1.29, 1.82) is 0 Å². The normalized spacial score (nSPS) is 14.9. The van der Waals surface area contributed by atoms with Gasteiger partial charge in [0.15, 0.2) is 0 Å². The second-order valence-corrected chi connectivity index (χ2v) is 7.05. The van der Waals surface area contributed by atoms with Gasteiger partial charge in [-0.1, -0.05) is 32.0 Å². The number of nitrogens with one attached hydrogen (secondary N) is 1. The molecule has 0 aliphatic carbocycles. The largest absolute Gasteiger partial charge is 0.351 e. The number of fused-ring (bicyclic) bond motifs is 1. The molecule has 1 aliphatic heterocycles. The van der Waals surface area contributed by atoms with Gasteiger partial charge in [-0.25, -0.2) is 0 Å². The minimum absolute atomic E-state index is 0. The van der Waals surface area contributed by atoms with Crippen LogP contribution in [0.25, 0.3) is 10.9 Å². The lowest BCUT2D eigenvalue weighted by molar-refractivity contribution is -0.143. The van der Waals surface area contributed by atoms with Crippen LogP contribution in [0.15, 0.2) is 30.3 Å². The Bertz CT molecular complexity index is 751. The highest BCUT2D eigenvalue weighted by Gasteiger charge is 2.38. The topological polar surface area (TPSA) is 82.4 Å². The van der Waals surface area contributed by atoms with Crippen molar-refractivity contribution < 1.29 is 9.59 Å². The summed E-state index contributed by atoms with van der Waals surface area (Å²) in [7, 11) is 0. The van der Waals surface area contributed by atoms with Gasteiger partial charge in [-0.05, 0) is 25.0 Å². The molecule has 0 unspecified atom stereocenters. The van der Waals surface area contributed by atoms with Gasteiger partial charge in [-0.2, -0.15) is 0 Å². The van der Waals surface area contributed by atoms with Gasteiger partial charge in [0.25, 0.3) is 5.91 Å². The molecule has 0 saturated carbocycles. The van der Waals surface area contributed by atoms with Crippen molar-refractivity contribution in [1.82, 2.24) is 14.8 Å². The number of carbonyl (C=O) groups is 2. The van der Waals surface area contributed by atoms with Gasteiger partial charge in [-0.15, -0.1) is 12.4 Å². The second kappa shape index (κ2) is 8.76. The highest BCUT2D eigenvalue weighted by Crippen LogP contribution is 2.28. The van der Waals surface area contributed by atoms with E-state index in [1.807, 2.05) is 54.0 Å². The fourth-order valence-electron chi connectivity index (χ4n) is 3.74. The summed E-state index contributed by atoms with van der Waals surface area (Å²) in [6.07, 6.45) is 1.49. The molecule has 3 rings (SSSR count). The molecule has 2 amide bonds. The van der Waals surface area contributed by atoms with Gasteiger partial charge in [0.2, 0.25) is 5.91 Å². The van der Waals surface area contributed by atoms with Crippen molar-refractivity contribution in [2.45, 2.75) is 26.7 Å². The van der Waals surface area contributed by atoms with E-state index in [0.29, 0.717) is 38.4 Å². The summed E-state index contributed by atoms with van der Waals surface area (Å²) in [5.41, 5.74) is 7.00. The van der Waals surface area contributed by atoms with Crippen LogP contribution in [0.3, 0.4) is 0 Å². The number of carbonyl (C=O) groups excluding carboxylic acids is 2. The lowest BCUT2D eigenvalue weighted by Gasteiger charge is -2.40. The smallest absolute Gasteiger partial charge is 0.270 e. The number of aromatic nitrogens is 1. The highest BCUT2D eigenvalue weighted by molar-refractivity contribution is 5.98. The lowest BCUT2D eigenvalue weighted by atomic mass is 9.81. The molecule has 1 aromatic heterocycles. The lowest BCUT2D eigenvalue weighted by Crippen LogP contribution is -2.55. The van der Waals surface area contributed by atoms with Crippen LogP contribution in [0.1, 0.15) is 37.2 Å². The molecule has 148 valence electrons. The molecule has 1 aromatic carbocycles.